The van der Waals surface area contributed by atoms with Crippen LogP contribution < -0.4 is 0 Å². The molecule has 1 fully saturated rings. The quantitative estimate of drug-likeness (QED) is 0.367. The number of nitrogens with zero attached hydrogens (tertiary/aromatic N) is 3. The minimum atomic E-state index is -1.17. The van der Waals surface area contributed by atoms with Crippen LogP contribution in [0.1, 0.15) is 6.92 Å². The van der Waals surface area contributed by atoms with Crippen molar-refractivity contribution in [1.29, 1.82) is 0 Å². The lowest BCUT2D eigenvalue weighted by atomic mass is 9.98. The van der Waals surface area contributed by atoms with Crippen molar-refractivity contribution in [2.75, 3.05) is 7.11 Å². The fraction of sp³-hybridized carbons (Fsp3) is 1.00. The average Bonchev–Trinajstić information content (AvgIpc) is 2.19. The number of hydrogen-bond donors (Lipinski definition) is 2. The van der Waals surface area contributed by atoms with Crippen LogP contribution in [0.25, 0.3) is 10.4 Å². The van der Waals surface area contributed by atoms with Gasteiger partial charge in [0, 0.05) is 12.0 Å². The molecule has 7 nitrogen and oxygen atoms in total. The summed E-state index contributed by atoms with van der Waals surface area (Å²) in [5, 5.41) is 22.3. The van der Waals surface area contributed by atoms with Gasteiger partial charge in [-0.25, -0.2) is 0 Å². The first-order chi connectivity index (χ1) is 6.61. The fourth-order valence-electron chi connectivity index (χ4n) is 1.39. The molecule has 0 amide bonds. The van der Waals surface area contributed by atoms with Crippen LogP contribution in [0.2, 0.25) is 0 Å². The first kappa shape index (κ1) is 11.2. The highest BCUT2D eigenvalue weighted by Crippen LogP contribution is 2.23. The zero-order valence-electron chi connectivity index (χ0n) is 7.94. The Bertz CT molecular complexity index is 241. The average molecular weight is 203 g/mol. The van der Waals surface area contributed by atoms with E-state index in [0.717, 1.165) is 0 Å². The van der Waals surface area contributed by atoms with Crippen molar-refractivity contribution in [3.8, 4) is 0 Å². The van der Waals surface area contributed by atoms with E-state index >= 15 is 0 Å². The second-order valence-corrected chi connectivity index (χ2v) is 3.12. The fourth-order valence-corrected chi connectivity index (χ4v) is 1.39. The molecule has 80 valence electrons. The van der Waals surface area contributed by atoms with Crippen LogP contribution in [0.4, 0.5) is 0 Å². The molecule has 0 aromatic heterocycles. The lowest BCUT2D eigenvalue weighted by Gasteiger charge is -2.38. The molecule has 14 heavy (non-hydrogen) atoms. The topological polar surface area (TPSA) is 108 Å². The van der Waals surface area contributed by atoms with Gasteiger partial charge in [-0.15, -0.1) is 0 Å². The first-order valence-corrected chi connectivity index (χ1v) is 4.20. The highest BCUT2D eigenvalue weighted by atomic mass is 16.7. The Morgan fingerprint density at radius 2 is 2.07 bits per heavy atom. The van der Waals surface area contributed by atoms with Gasteiger partial charge in [-0.2, -0.15) is 0 Å². The molecular formula is C7H13N3O4. The van der Waals surface area contributed by atoms with Gasteiger partial charge in [0.2, 0.25) is 0 Å². The molecule has 1 heterocycles. The van der Waals surface area contributed by atoms with Crippen molar-refractivity contribution in [3.63, 3.8) is 0 Å². The van der Waals surface area contributed by atoms with Gasteiger partial charge < -0.3 is 19.7 Å². The van der Waals surface area contributed by atoms with E-state index in [1.54, 1.807) is 6.92 Å². The summed E-state index contributed by atoms with van der Waals surface area (Å²) in [6.45, 7) is 1.60. The molecule has 0 bridgehead atoms. The molecule has 0 unspecified atom stereocenters. The number of aliphatic hydroxyl groups excluding tert-OH is 2. The van der Waals surface area contributed by atoms with Gasteiger partial charge in [-0.05, 0) is 12.5 Å². The smallest absolute Gasteiger partial charge is 0.168 e. The summed E-state index contributed by atoms with van der Waals surface area (Å²) in [4.78, 5) is 2.56. The Kier molecular flexibility index (Phi) is 3.68. The van der Waals surface area contributed by atoms with Gasteiger partial charge in [-0.3, -0.25) is 0 Å². The minimum absolute atomic E-state index is 0.555. The lowest BCUT2D eigenvalue weighted by molar-refractivity contribution is -0.246. The van der Waals surface area contributed by atoms with Gasteiger partial charge in [0.1, 0.15) is 12.1 Å². The van der Waals surface area contributed by atoms with E-state index in [2.05, 4.69) is 10.0 Å². The van der Waals surface area contributed by atoms with E-state index in [9.17, 15) is 10.2 Å². The van der Waals surface area contributed by atoms with Crippen molar-refractivity contribution in [1.82, 2.24) is 0 Å². The maximum absolute atomic E-state index is 9.57. The number of ether oxygens (including phenoxy) is 2. The SMILES string of the molecule is CO[C@H]1O[C@H](C)[C@H](O)[C@H](O)[C@H]1N=[N+]=[N-]. The van der Waals surface area contributed by atoms with Crippen LogP contribution in [0.15, 0.2) is 5.11 Å². The Labute approximate surface area is 80.9 Å². The summed E-state index contributed by atoms with van der Waals surface area (Å²) in [5.74, 6) is 0. The zero-order valence-corrected chi connectivity index (χ0v) is 7.94. The van der Waals surface area contributed by atoms with Crippen LogP contribution in [-0.4, -0.2) is 48.0 Å². The maximum atomic E-state index is 9.57. The van der Waals surface area contributed by atoms with Gasteiger partial charge >= 0.3 is 0 Å². The monoisotopic (exact) mass is 203 g/mol. The maximum Gasteiger partial charge on any atom is 0.168 e. The Hall–Kier alpha value is -0.850. The first-order valence-electron chi connectivity index (χ1n) is 4.20. The Balaban J connectivity index is 2.82. The van der Waals surface area contributed by atoms with Crippen LogP contribution >= 0.6 is 0 Å². The molecule has 0 spiro atoms. The molecule has 0 aromatic carbocycles. The summed E-state index contributed by atoms with van der Waals surface area (Å²) in [7, 11) is 1.38. The van der Waals surface area contributed by atoms with Crippen molar-refractivity contribution < 1.29 is 19.7 Å². The van der Waals surface area contributed by atoms with Crippen LogP contribution in [0, 0.1) is 0 Å². The Morgan fingerprint density at radius 3 is 2.57 bits per heavy atom. The number of aliphatic hydroxyl groups is 2. The third-order valence-electron chi connectivity index (χ3n) is 2.23. The van der Waals surface area contributed by atoms with E-state index in [4.69, 9.17) is 15.0 Å². The lowest BCUT2D eigenvalue weighted by Crippen LogP contribution is -2.56. The normalized spacial score (nSPS) is 43.0. The standard InChI is InChI=1S/C7H13N3O4/c1-3-5(11)6(12)4(9-10-8)7(13-2)14-3/h3-7,11-12H,1-2H3/t3-,4-,5+,6-,7+/m1/s1. The highest BCUT2D eigenvalue weighted by Gasteiger charge is 2.42. The summed E-state index contributed by atoms with van der Waals surface area (Å²) in [6.07, 6.45) is -3.61. The summed E-state index contributed by atoms with van der Waals surface area (Å²) in [6, 6.07) is -0.920. The largest absolute Gasteiger partial charge is 0.390 e. The number of hydrogen-bond acceptors (Lipinski definition) is 5. The molecule has 0 aliphatic carbocycles. The van der Waals surface area contributed by atoms with Crippen molar-refractivity contribution >= 4 is 0 Å². The van der Waals surface area contributed by atoms with Gasteiger partial charge in [0.05, 0.1) is 12.2 Å². The number of methoxy groups -OCH3 is 1. The molecule has 1 aliphatic rings. The molecule has 0 saturated carbocycles. The van der Waals surface area contributed by atoms with Gasteiger partial charge in [0.15, 0.2) is 6.29 Å². The van der Waals surface area contributed by atoms with Crippen molar-refractivity contribution in [3.05, 3.63) is 10.4 Å². The van der Waals surface area contributed by atoms with E-state index in [-0.39, 0.29) is 0 Å². The molecule has 0 radical (unpaired) electrons. The van der Waals surface area contributed by atoms with Crippen LogP contribution in [-0.2, 0) is 9.47 Å². The minimum Gasteiger partial charge on any atom is -0.390 e. The number of azide groups is 1. The second-order valence-electron chi connectivity index (χ2n) is 3.12. The molecule has 7 heteroatoms. The van der Waals surface area contributed by atoms with Gasteiger partial charge in [-0.1, -0.05) is 5.11 Å². The third kappa shape index (κ3) is 1.97. The molecule has 1 aliphatic heterocycles. The van der Waals surface area contributed by atoms with E-state index in [0.29, 0.717) is 0 Å². The predicted octanol–water partition coefficient (Wildman–Crippen LogP) is -0.222. The van der Waals surface area contributed by atoms with E-state index in [1.165, 1.54) is 7.11 Å². The summed E-state index contributed by atoms with van der Waals surface area (Å²) in [5.41, 5.74) is 8.26. The van der Waals surface area contributed by atoms with E-state index in [1.807, 2.05) is 0 Å². The highest BCUT2D eigenvalue weighted by molar-refractivity contribution is 4.91. The molecular weight excluding hydrogens is 190 g/mol. The molecule has 1 rings (SSSR count). The summed E-state index contributed by atoms with van der Waals surface area (Å²) < 4.78 is 10.1. The number of rotatable bonds is 2. The molecule has 0 aromatic rings. The van der Waals surface area contributed by atoms with E-state index < -0.39 is 30.6 Å². The van der Waals surface area contributed by atoms with Crippen LogP contribution in [0.5, 0.6) is 0 Å². The molecule has 1 saturated heterocycles. The third-order valence-corrected chi connectivity index (χ3v) is 2.23. The molecule has 2 N–H and O–H groups in total. The van der Waals surface area contributed by atoms with Crippen molar-refractivity contribution in [2.24, 2.45) is 5.11 Å². The van der Waals surface area contributed by atoms with Crippen LogP contribution in [0.3, 0.4) is 0 Å². The zero-order chi connectivity index (χ0) is 10.7. The van der Waals surface area contributed by atoms with Crippen molar-refractivity contribution in [2.45, 2.75) is 37.6 Å². The molecule has 5 atom stereocenters. The van der Waals surface area contributed by atoms with Gasteiger partial charge in [0.25, 0.3) is 0 Å². The second kappa shape index (κ2) is 4.59. The summed E-state index contributed by atoms with van der Waals surface area (Å²) >= 11 is 0. The predicted molar refractivity (Wildman–Crippen MR) is 46.3 cm³/mol. The Morgan fingerprint density at radius 1 is 1.43 bits per heavy atom.